The number of nitriles is 1. The van der Waals surface area contributed by atoms with Crippen LogP contribution >= 0.6 is 11.6 Å². The Bertz CT molecular complexity index is 965. The van der Waals surface area contributed by atoms with Gasteiger partial charge in [-0.25, -0.2) is 4.98 Å². The Hall–Kier alpha value is -2.84. The maximum atomic E-state index is 12.3. The number of carbonyl (C=O) groups is 1. The fourth-order valence-corrected chi connectivity index (χ4v) is 3.54. The van der Waals surface area contributed by atoms with Crippen molar-refractivity contribution in [2.45, 2.75) is 32.2 Å². The van der Waals surface area contributed by atoms with Crippen LogP contribution in [0.1, 0.15) is 42.6 Å². The first-order valence-electron chi connectivity index (χ1n) is 8.81. The summed E-state index contributed by atoms with van der Waals surface area (Å²) < 4.78 is 1.88. The zero-order valence-electron chi connectivity index (χ0n) is 15.4. The van der Waals surface area contributed by atoms with E-state index < -0.39 is 6.04 Å². The van der Waals surface area contributed by atoms with Crippen LogP contribution in [0.25, 0.3) is 5.57 Å². The lowest BCUT2D eigenvalue weighted by molar-refractivity contribution is -0.120. The number of aromatic nitrogens is 2. The maximum absolute atomic E-state index is 12.3. The fourth-order valence-electron chi connectivity index (χ4n) is 3.37. The van der Waals surface area contributed by atoms with Crippen molar-refractivity contribution in [3.63, 3.8) is 0 Å². The number of aryl methyl sites for hydroxylation is 2. The number of hydrogen-bond donors (Lipinski definition) is 1. The molecule has 1 aliphatic rings. The number of allylic oxidation sites excluding steroid dienone is 3. The fraction of sp³-hybridized carbons (Fsp3) is 0.286. The summed E-state index contributed by atoms with van der Waals surface area (Å²) in [6, 6.07) is 7.37. The van der Waals surface area contributed by atoms with E-state index in [-0.39, 0.29) is 12.3 Å². The first-order chi connectivity index (χ1) is 13.0. The first kappa shape index (κ1) is 18.9. The number of rotatable bonds is 4. The Balaban J connectivity index is 2.18. The van der Waals surface area contributed by atoms with Crippen LogP contribution in [-0.2, 0) is 18.3 Å². The van der Waals surface area contributed by atoms with Gasteiger partial charge in [-0.3, -0.25) is 4.79 Å². The third-order valence-corrected chi connectivity index (χ3v) is 5.02. The number of fused-ring (bicyclic) bond motifs is 1. The van der Waals surface area contributed by atoms with Gasteiger partial charge in [0.2, 0.25) is 5.91 Å². The molecule has 0 radical (unpaired) electrons. The smallest absolute Gasteiger partial charge is 0.235 e. The van der Waals surface area contributed by atoms with Gasteiger partial charge in [0.05, 0.1) is 30.3 Å². The molecule has 1 aromatic heterocycles. The number of nitrogens with one attached hydrogen (secondary N) is 1. The molecular formula is C21H21ClN4O. The molecule has 0 aliphatic heterocycles. The van der Waals surface area contributed by atoms with Gasteiger partial charge in [0.15, 0.2) is 0 Å². The summed E-state index contributed by atoms with van der Waals surface area (Å²) in [5.74, 6) is -0.320. The molecule has 1 amide bonds. The number of nitrogens with zero attached hydrogens (tertiary/aromatic N) is 3. The Morgan fingerprint density at radius 3 is 2.96 bits per heavy atom. The SMILES string of the molecule is C/C=C1/C=C([C@@H](NC(=O)CC#N)c2cncn2C)c2cc(Cl)ccc2CC1. The van der Waals surface area contributed by atoms with E-state index in [4.69, 9.17) is 16.9 Å². The van der Waals surface area contributed by atoms with Crippen molar-refractivity contribution in [1.29, 1.82) is 5.26 Å². The molecular weight excluding hydrogens is 360 g/mol. The molecule has 3 rings (SSSR count). The summed E-state index contributed by atoms with van der Waals surface area (Å²) in [4.78, 5) is 16.5. The van der Waals surface area contributed by atoms with Gasteiger partial charge in [0.1, 0.15) is 6.42 Å². The second kappa shape index (κ2) is 8.24. The highest BCUT2D eigenvalue weighted by atomic mass is 35.5. The van der Waals surface area contributed by atoms with Gasteiger partial charge in [0.25, 0.3) is 0 Å². The summed E-state index contributed by atoms with van der Waals surface area (Å²) in [5.41, 5.74) is 5.19. The summed E-state index contributed by atoms with van der Waals surface area (Å²) in [7, 11) is 1.89. The second-order valence-corrected chi connectivity index (χ2v) is 6.97. The van der Waals surface area contributed by atoms with Crippen molar-refractivity contribution >= 4 is 23.1 Å². The molecule has 0 saturated carbocycles. The summed E-state index contributed by atoms with van der Waals surface area (Å²) >= 11 is 6.29. The topological polar surface area (TPSA) is 70.7 Å². The number of benzene rings is 1. The molecule has 6 heteroatoms. The molecule has 1 heterocycles. The van der Waals surface area contributed by atoms with E-state index in [9.17, 15) is 4.79 Å². The normalized spacial score (nSPS) is 16.1. The highest BCUT2D eigenvalue weighted by molar-refractivity contribution is 6.30. The molecule has 1 aliphatic carbocycles. The number of imidazole rings is 1. The largest absolute Gasteiger partial charge is 0.343 e. The molecule has 5 nitrogen and oxygen atoms in total. The molecule has 138 valence electrons. The van der Waals surface area contributed by atoms with Crippen molar-refractivity contribution in [1.82, 2.24) is 14.9 Å². The van der Waals surface area contributed by atoms with E-state index in [0.717, 1.165) is 29.7 Å². The zero-order chi connectivity index (χ0) is 19.4. The number of carbonyl (C=O) groups excluding carboxylic acids is 1. The van der Waals surface area contributed by atoms with Crippen molar-refractivity contribution < 1.29 is 4.79 Å². The molecule has 2 aromatic rings. The van der Waals surface area contributed by atoms with Crippen molar-refractivity contribution in [3.8, 4) is 6.07 Å². The van der Waals surface area contributed by atoms with E-state index in [1.165, 1.54) is 11.1 Å². The molecule has 1 aromatic carbocycles. The molecule has 1 atom stereocenters. The van der Waals surface area contributed by atoms with E-state index in [1.54, 1.807) is 12.5 Å². The molecule has 0 bridgehead atoms. The van der Waals surface area contributed by atoms with Gasteiger partial charge in [-0.1, -0.05) is 35.4 Å². The van der Waals surface area contributed by atoms with Crippen LogP contribution in [0.15, 0.2) is 48.4 Å². The van der Waals surface area contributed by atoms with Gasteiger partial charge < -0.3 is 9.88 Å². The highest BCUT2D eigenvalue weighted by Gasteiger charge is 2.26. The predicted molar refractivity (Wildman–Crippen MR) is 106 cm³/mol. The Labute approximate surface area is 164 Å². The second-order valence-electron chi connectivity index (χ2n) is 6.53. The van der Waals surface area contributed by atoms with Crippen LogP contribution < -0.4 is 5.32 Å². The van der Waals surface area contributed by atoms with Crippen molar-refractivity contribution in [2.24, 2.45) is 7.05 Å². The van der Waals surface area contributed by atoms with Crippen LogP contribution in [0.3, 0.4) is 0 Å². The minimum atomic E-state index is -0.427. The first-order valence-corrected chi connectivity index (χ1v) is 9.19. The molecule has 27 heavy (non-hydrogen) atoms. The maximum Gasteiger partial charge on any atom is 0.235 e. The van der Waals surface area contributed by atoms with Gasteiger partial charge >= 0.3 is 0 Å². The lowest BCUT2D eigenvalue weighted by Crippen LogP contribution is -2.30. The predicted octanol–water partition coefficient (Wildman–Crippen LogP) is 4.12. The highest BCUT2D eigenvalue weighted by Crippen LogP contribution is 2.37. The van der Waals surface area contributed by atoms with Gasteiger partial charge in [-0.2, -0.15) is 5.26 Å². The van der Waals surface area contributed by atoms with Crippen molar-refractivity contribution in [3.05, 3.63) is 70.3 Å². The molecule has 0 saturated heterocycles. The minimum Gasteiger partial charge on any atom is -0.343 e. The van der Waals surface area contributed by atoms with Crippen LogP contribution in [0, 0.1) is 11.3 Å². The van der Waals surface area contributed by atoms with E-state index in [0.29, 0.717) is 5.02 Å². The average molecular weight is 381 g/mol. The van der Waals surface area contributed by atoms with Crippen LogP contribution in [0.4, 0.5) is 0 Å². The van der Waals surface area contributed by atoms with E-state index in [2.05, 4.69) is 22.5 Å². The molecule has 0 spiro atoms. The number of halogens is 1. The van der Waals surface area contributed by atoms with Crippen LogP contribution in [0.2, 0.25) is 5.02 Å². The third-order valence-electron chi connectivity index (χ3n) is 4.78. The van der Waals surface area contributed by atoms with Gasteiger partial charge in [0, 0.05) is 12.1 Å². The lowest BCUT2D eigenvalue weighted by atomic mass is 9.92. The van der Waals surface area contributed by atoms with Gasteiger partial charge in [-0.15, -0.1) is 0 Å². The van der Waals surface area contributed by atoms with Crippen LogP contribution in [0.5, 0.6) is 0 Å². The van der Waals surface area contributed by atoms with E-state index in [1.807, 2.05) is 42.8 Å². The lowest BCUT2D eigenvalue weighted by Gasteiger charge is -2.23. The Kier molecular flexibility index (Phi) is 5.78. The quantitative estimate of drug-likeness (QED) is 0.867. The Morgan fingerprint density at radius 1 is 1.48 bits per heavy atom. The Morgan fingerprint density at radius 2 is 2.30 bits per heavy atom. The van der Waals surface area contributed by atoms with E-state index >= 15 is 0 Å². The number of hydrogen-bond acceptors (Lipinski definition) is 3. The summed E-state index contributed by atoms with van der Waals surface area (Å²) in [5, 5.41) is 12.5. The standard InChI is InChI=1S/C21H21ClN4O/c1-3-14-4-5-15-6-7-16(22)11-17(15)18(10-14)21(25-20(27)8-9-23)19-12-24-13-26(19)2/h3,6-7,10-13,21H,4-5,8H2,1-2H3,(H,25,27)/b14-3+/t21-/m1/s1. The van der Waals surface area contributed by atoms with Gasteiger partial charge in [-0.05, 0) is 48.6 Å². The van der Waals surface area contributed by atoms with Crippen molar-refractivity contribution in [2.75, 3.05) is 0 Å². The third kappa shape index (κ3) is 4.12. The monoisotopic (exact) mass is 380 g/mol. The summed E-state index contributed by atoms with van der Waals surface area (Å²) in [6.07, 6.45) is 9.27. The van der Waals surface area contributed by atoms with Crippen LogP contribution in [-0.4, -0.2) is 15.5 Å². The number of amides is 1. The zero-order valence-corrected chi connectivity index (χ0v) is 16.1. The summed E-state index contributed by atoms with van der Waals surface area (Å²) in [6.45, 7) is 2.01. The molecule has 0 unspecified atom stereocenters. The average Bonchev–Trinajstić information content (AvgIpc) is 2.98. The minimum absolute atomic E-state index is 0.194. The molecule has 0 fully saturated rings. The molecule has 1 N–H and O–H groups in total.